The first-order valence-corrected chi connectivity index (χ1v) is 4.58. The van der Waals surface area contributed by atoms with Crippen LogP contribution >= 0.6 is 0 Å². The van der Waals surface area contributed by atoms with Crippen molar-refractivity contribution in [2.24, 2.45) is 0 Å². The highest BCUT2D eigenvalue weighted by atomic mass is 16.6. The van der Waals surface area contributed by atoms with Gasteiger partial charge in [-0.2, -0.15) is 0 Å². The molecule has 5 heteroatoms. The molecule has 0 aliphatic rings. The third-order valence-corrected chi connectivity index (χ3v) is 1.43. The van der Waals surface area contributed by atoms with Crippen LogP contribution in [0.25, 0.3) is 0 Å². The molecular formula is C10H15N3O2. The van der Waals surface area contributed by atoms with Crippen LogP contribution in [0.4, 0.5) is 16.3 Å². The molecule has 0 saturated heterocycles. The molecule has 0 fully saturated rings. The van der Waals surface area contributed by atoms with Crippen molar-refractivity contribution in [3.8, 4) is 0 Å². The van der Waals surface area contributed by atoms with Gasteiger partial charge in [0.2, 0.25) is 0 Å². The standard InChI is InChI=1S/C10H15N3O2/c1-10(2,3)15-9(14)13-7-4-5-12-8(11)6-7/h4-6H,1-3H3,(H3,11,12,13,14). The molecule has 0 bridgehead atoms. The summed E-state index contributed by atoms with van der Waals surface area (Å²) in [6.45, 7) is 5.40. The second-order valence-corrected chi connectivity index (χ2v) is 4.10. The van der Waals surface area contributed by atoms with Crippen LogP contribution in [-0.4, -0.2) is 16.7 Å². The molecule has 15 heavy (non-hydrogen) atoms. The number of ether oxygens (including phenoxy) is 1. The summed E-state index contributed by atoms with van der Waals surface area (Å²) in [5.74, 6) is 0.351. The molecule has 1 heterocycles. The van der Waals surface area contributed by atoms with Crippen LogP contribution in [0.5, 0.6) is 0 Å². The van der Waals surface area contributed by atoms with Crippen molar-refractivity contribution in [1.29, 1.82) is 0 Å². The molecule has 1 aromatic rings. The van der Waals surface area contributed by atoms with Gasteiger partial charge in [0.15, 0.2) is 0 Å². The normalized spacial score (nSPS) is 10.9. The van der Waals surface area contributed by atoms with Gasteiger partial charge in [-0.25, -0.2) is 9.78 Å². The number of anilines is 2. The number of nitrogens with two attached hydrogens (primary N) is 1. The van der Waals surface area contributed by atoms with Gasteiger partial charge in [-0.05, 0) is 26.8 Å². The van der Waals surface area contributed by atoms with Crippen LogP contribution < -0.4 is 11.1 Å². The molecule has 0 aliphatic heterocycles. The van der Waals surface area contributed by atoms with E-state index in [1.807, 2.05) is 0 Å². The number of amides is 1. The number of hydrogen-bond acceptors (Lipinski definition) is 4. The zero-order valence-electron chi connectivity index (χ0n) is 9.07. The maximum absolute atomic E-state index is 11.3. The second kappa shape index (κ2) is 4.16. The van der Waals surface area contributed by atoms with Crippen molar-refractivity contribution in [2.75, 3.05) is 11.1 Å². The summed E-state index contributed by atoms with van der Waals surface area (Å²) < 4.78 is 5.07. The predicted octanol–water partition coefficient (Wildman–Crippen LogP) is 2.01. The van der Waals surface area contributed by atoms with Crippen molar-refractivity contribution in [3.63, 3.8) is 0 Å². The fraction of sp³-hybridized carbons (Fsp3) is 0.400. The number of nitrogen functional groups attached to an aromatic ring is 1. The summed E-state index contributed by atoms with van der Waals surface area (Å²) in [5.41, 5.74) is 5.51. The quantitative estimate of drug-likeness (QED) is 0.741. The van der Waals surface area contributed by atoms with Crippen molar-refractivity contribution in [2.45, 2.75) is 26.4 Å². The predicted molar refractivity (Wildman–Crippen MR) is 58.5 cm³/mol. The van der Waals surface area contributed by atoms with Gasteiger partial charge in [-0.3, -0.25) is 5.32 Å². The number of nitrogens with zero attached hydrogens (tertiary/aromatic N) is 1. The Kier molecular flexibility index (Phi) is 3.14. The first kappa shape index (κ1) is 11.3. The third kappa shape index (κ3) is 4.30. The van der Waals surface area contributed by atoms with E-state index in [1.54, 1.807) is 32.9 Å². The fourth-order valence-corrected chi connectivity index (χ4v) is 0.948. The van der Waals surface area contributed by atoms with Crippen molar-refractivity contribution >= 4 is 17.6 Å². The van der Waals surface area contributed by atoms with Gasteiger partial charge in [0.1, 0.15) is 11.4 Å². The lowest BCUT2D eigenvalue weighted by Crippen LogP contribution is -2.27. The number of hydrogen-bond donors (Lipinski definition) is 2. The lowest BCUT2D eigenvalue weighted by atomic mass is 10.2. The zero-order chi connectivity index (χ0) is 11.5. The Labute approximate surface area is 88.6 Å². The summed E-state index contributed by atoms with van der Waals surface area (Å²) >= 11 is 0. The molecule has 0 saturated carbocycles. The number of carbonyl (C=O) groups excluding carboxylic acids is 1. The Morgan fingerprint density at radius 3 is 2.73 bits per heavy atom. The first-order chi connectivity index (χ1) is 6.87. The molecule has 82 valence electrons. The highest BCUT2D eigenvalue weighted by Gasteiger charge is 2.16. The van der Waals surface area contributed by atoms with Crippen LogP contribution in [0.3, 0.4) is 0 Å². The molecule has 1 amide bonds. The largest absolute Gasteiger partial charge is 0.444 e. The Balaban J connectivity index is 2.59. The van der Waals surface area contributed by atoms with E-state index in [2.05, 4.69) is 10.3 Å². The molecule has 5 nitrogen and oxygen atoms in total. The highest BCUT2D eigenvalue weighted by molar-refractivity contribution is 5.85. The van der Waals surface area contributed by atoms with E-state index in [0.717, 1.165) is 0 Å². The maximum atomic E-state index is 11.3. The Bertz CT molecular complexity index is 358. The summed E-state index contributed by atoms with van der Waals surface area (Å²) in [4.78, 5) is 15.2. The number of aromatic nitrogens is 1. The monoisotopic (exact) mass is 209 g/mol. The fourth-order valence-electron chi connectivity index (χ4n) is 0.948. The van der Waals surface area contributed by atoms with Crippen LogP contribution in [0.2, 0.25) is 0 Å². The van der Waals surface area contributed by atoms with Gasteiger partial charge in [0, 0.05) is 18.0 Å². The van der Waals surface area contributed by atoms with Crippen molar-refractivity contribution in [1.82, 2.24) is 4.98 Å². The van der Waals surface area contributed by atoms with Gasteiger partial charge in [-0.15, -0.1) is 0 Å². The molecule has 1 aromatic heterocycles. The molecule has 1 rings (SSSR count). The van der Waals surface area contributed by atoms with Gasteiger partial charge in [-0.1, -0.05) is 0 Å². The second-order valence-electron chi connectivity index (χ2n) is 4.10. The highest BCUT2D eigenvalue weighted by Crippen LogP contribution is 2.12. The van der Waals surface area contributed by atoms with E-state index in [1.165, 1.54) is 6.20 Å². The minimum absolute atomic E-state index is 0.351. The van der Waals surface area contributed by atoms with Gasteiger partial charge >= 0.3 is 6.09 Å². The van der Waals surface area contributed by atoms with Gasteiger partial charge in [0.25, 0.3) is 0 Å². The average Bonchev–Trinajstić information content (AvgIpc) is 1.99. The van der Waals surface area contributed by atoms with Crippen molar-refractivity contribution in [3.05, 3.63) is 18.3 Å². The minimum atomic E-state index is -0.511. The van der Waals surface area contributed by atoms with E-state index in [4.69, 9.17) is 10.5 Å². The Morgan fingerprint density at radius 1 is 1.53 bits per heavy atom. The molecule has 0 aromatic carbocycles. The third-order valence-electron chi connectivity index (χ3n) is 1.43. The SMILES string of the molecule is CC(C)(C)OC(=O)Nc1ccnc(N)c1. The number of pyridine rings is 1. The Morgan fingerprint density at radius 2 is 2.20 bits per heavy atom. The van der Waals surface area contributed by atoms with E-state index >= 15 is 0 Å². The van der Waals surface area contributed by atoms with Crippen LogP contribution in [0.15, 0.2) is 18.3 Å². The summed E-state index contributed by atoms with van der Waals surface area (Å²) in [6.07, 6.45) is 1.01. The molecule has 0 spiro atoms. The summed E-state index contributed by atoms with van der Waals surface area (Å²) in [6, 6.07) is 3.20. The molecule has 0 atom stereocenters. The summed E-state index contributed by atoms with van der Waals surface area (Å²) in [5, 5.41) is 2.56. The number of rotatable bonds is 1. The van der Waals surface area contributed by atoms with E-state index < -0.39 is 11.7 Å². The molecular weight excluding hydrogens is 194 g/mol. The van der Waals surface area contributed by atoms with E-state index in [0.29, 0.717) is 11.5 Å². The number of carbonyl (C=O) groups is 1. The van der Waals surface area contributed by atoms with Crippen LogP contribution in [0.1, 0.15) is 20.8 Å². The molecule has 0 unspecified atom stereocenters. The molecule has 0 aliphatic carbocycles. The molecule has 0 radical (unpaired) electrons. The van der Waals surface area contributed by atoms with Gasteiger partial charge < -0.3 is 10.5 Å². The smallest absolute Gasteiger partial charge is 0.412 e. The molecule has 3 N–H and O–H groups in total. The average molecular weight is 209 g/mol. The zero-order valence-corrected chi connectivity index (χ0v) is 9.07. The lowest BCUT2D eigenvalue weighted by Gasteiger charge is -2.19. The van der Waals surface area contributed by atoms with Gasteiger partial charge in [0.05, 0.1) is 0 Å². The first-order valence-electron chi connectivity index (χ1n) is 4.58. The summed E-state index contributed by atoms with van der Waals surface area (Å²) in [7, 11) is 0. The Hall–Kier alpha value is -1.78. The topological polar surface area (TPSA) is 77.2 Å². The maximum Gasteiger partial charge on any atom is 0.412 e. The minimum Gasteiger partial charge on any atom is -0.444 e. The van der Waals surface area contributed by atoms with E-state index in [9.17, 15) is 4.79 Å². The van der Waals surface area contributed by atoms with Crippen LogP contribution in [0, 0.1) is 0 Å². The van der Waals surface area contributed by atoms with E-state index in [-0.39, 0.29) is 0 Å². The van der Waals surface area contributed by atoms with Crippen LogP contribution in [-0.2, 0) is 4.74 Å². The lowest BCUT2D eigenvalue weighted by molar-refractivity contribution is 0.0636. The van der Waals surface area contributed by atoms with Crippen molar-refractivity contribution < 1.29 is 9.53 Å². The number of nitrogens with one attached hydrogen (secondary N) is 1.